The summed E-state index contributed by atoms with van der Waals surface area (Å²) in [5.41, 5.74) is -0.617. The van der Waals surface area contributed by atoms with E-state index in [-0.39, 0.29) is 19.6 Å². The highest BCUT2D eigenvalue weighted by atomic mass is 31.2. The van der Waals surface area contributed by atoms with E-state index in [1.165, 1.54) is 13.0 Å². The summed E-state index contributed by atoms with van der Waals surface area (Å²) in [5, 5.41) is 0. The number of carbonyl (C=O) groups excluding carboxylic acids is 1. The van der Waals surface area contributed by atoms with Crippen LogP contribution < -0.4 is 5.69 Å². The number of alkyl halides is 2. The number of halogens is 2. The van der Waals surface area contributed by atoms with Gasteiger partial charge in [-0.3, -0.25) is 22.9 Å². The Bertz CT molecular complexity index is 885. The molecule has 10 nitrogen and oxygen atoms in total. The summed E-state index contributed by atoms with van der Waals surface area (Å²) in [5.74, 6) is -4.67. The number of ether oxygens (including phenoxy) is 2. The molecular formula is C20H31F2N2O8P. The summed E-state index contributed by atoms with van der Waals surface area (Å²) >= 11 is 0. The maximum absolute atomic E-state index is 15.3. The molecule has 1 aromatic rings. The highest BCUT2D eigenvalue weighted by Crippen LogP contribution is 2.51. The number of carbonyl (C=O) groups is 1. The van der Waals surface area contributed by atoms with E-state index in [0.717, 1.165) is 6.20 Å². The Labute approximate surface area is 191 Å². The van der Waals surface area contributed by atoms with E-state index in [1.54, 1.807) is 20.8 Å². The fraction of sp³-hybridized carbons (Fsp3) is 0.750. The monoisotopic (exact) mass is 496 g/mol. The van der Waals surface area contributed by atoms with E-state index >= 15 is 8.78 Å². The van der Waals surface area contributed by atoms with Gasteiger partial charge in [0.25, 0.3) is 0 Å². The maximum Gasteiger partial charge on any atom is 0.474 e. The standard InChI is InChI=1S/C20H31F2N2O8P/c1-5-8-16(25)32-17-15(13-30-33(27,28-11-6-2)29-12-7-3)31-18(20(17,21)22)24-10-9-14(4)23-19(24)26/h9-10,15,17-18H,5-8,11-13H2,1-4H3/t15-,17-,18-/m1/s1. The molecule has 33 heavy (non-hydrogen) atoms. The van der Waals surface area contributed by atoms with Crippen molar-refractivity contribution in [1.82, 2.24) is 9.55 Å². The summed E-state index contributed by atoms with van der Waals surface area (Å²) in [6.07, 6.45) is -3.31. The van der Waals surface area contributed by atoms with Gasteiger partial charge in [0.2, 0.25) is 6.23 Å². The lowest BCUT2D eigenvalue weighted by atomic mass is 10.1. The molecule has 3 atom stereocenters. The first kappa shape index (κ1) is 27.5. The first-order chi connectivity index (χ1) is 15.6. The van der Waals surface area contributed by atoms with Crippen LogP contribution in [0.25, 0.3) is 0 Å². The number of hydrogen-bond donors (Lipinski definition) is 0. The molecule has 0 aromatic carbocycles. The van der Waals surface area contributed by atoms with Crippen molar-refractivity contribution in [3.8, 4) is 0 Å². The van der Waals surface area contributed by atoms with Crippen molar-refractivity contribution in [3.63, 3.8) is 0 Å². The Kier molecular flexibility index (Phi) is 10.1. The van der Waals surface area contributed by atoms with Gasteiger partial charge in [0.05, 0.1) is 19.8 Å². The van der Waals surface area contributed by atoms with Gasteiger partial charge in [0, 0.05) is 18.3 Å². The molecule has 2 rings (SSSR count). The smallest absolute Gasteiger partial charge is 0.453 e. The molecule has 0 amide bonds. The van der Waals surface area contributed by atoms with E-state index in [0.29, 0.717) is 29.5 Å². The molecule has 0 aliphatic carbocycles. The van der Waals surface area contributed by atoms with Crippen LogP contribution in [0.4, 0.5) is 8.78 Å². The first-order valence-corrected chi connectivity index (χ1v) is 12.4. The number of esters is 1. The molecule has 1 fully saturated rings. The average Bonchev–Trinajstić information content (AvgIpc) is 2.99. The average molecular weight is 496 g/mol. The topological polar surface area (TPSA) is 115 Å². The van der Waals surface area contributed by atoms with Crippen molar-refractivity contribution in [3.05, 3.63) is 28.4 Å². The summed E-state index contributed by atoms with van der Waals surface area (Å²) < 4.78 is 70.2. The van der Waals surface area contributed by atoms with E-state index in [9.17, 15) is 14.2 Å². The minimum absolute atomic E-state index is 0.0602. The van der Waals surface area contributed by atoms with Crippen LogP contribution in [0.3, 0.4) is 0 Å². The van der Waals surface area contributed by atoms with Gasteiger partial charge >= 0.3 is 25.4 Å². The minimum Gasteiger partial charge on any atom is -0.453 e. The fourth-order valence-electron chi connectivity index (χ4n) is 3.01. The SMILES string of the molecule is CCCOP(=O)(OCCC)OC[C@H]1O[C@@H](n2ccc(C)nc2=O)C(F)(F)[C@@H]1OC(=O)CCC. The third-order valence-electron chi connectivity index (χ3n) is 4.59. The highest BCUT2D eigenvalue weighted by Gasteiger charge is 2.62. The molecule has 2 heterocycles. The van der Waals surface area contributed by atoms with Gasteiger partial charge in [-0.25, -0.2) is 9.36 Å². The fourth-order valence-corrected chi connectivity index (χ4v) is 4.38. The molecule has 13 heteroatoms. The Morgan fingerprint density at radius 2 is 1.82 bits per heavy atom. The predicted octanol–water partition coefficient (Wildman–Crippen LogP) is 3.77. The molecule has 188 valence electrons. The van der Waals surface area contributed by atoms with Crippen LogP contribution >= 0.6 is 7.82 Å². The molecule has 1 aromatic heterocycles. The number of hydrogen-bond acceptors (Lipinski definition) is 9. The van der Waals surface area contributed by atoms with Crippen molar-refractivity contribution < 1.29 is 41.2 Å². The number of phosphoric ester groups is 1. The van der Waals surface area contributed by atoms with Crippen molar-refractivity contribution in [2.75, 3.05) is 19.8 Å². The molecular weight excluding hydrogens is 465 g/mol. The van der Waals surface area contributed by atoms with Gasteiger partial charge < -0.3 is 9.47 Å². The molecule has 1 aliphatic heterocycles. The largest absolute Gasteiger partial charge is 0.474 e. The zero-order valence-electron chi connectivity index (χ0n) is 19.2. The number of rotatable bonds is 13. The van der Waals surface area contributed by atoms with Gasteiger partial charge in [0.1, 0.15) is 6.10 Å². The van der Waals surface area contributed by atoms with E-state index in [4.69, 9.17) is 23.0 Å². The second-order valence-corrected chi connectivity index (χ2v) is 9.20. The molecule has 1 aliphatic rings. The van der Waals surface area contributed by atoms with Crippen molar-refractivity contribution in [1.29, 1.82) is 0 Å². The van der Waals surface area contributed by atoms with Crippen LogP contribution in [0.2, 0.25) is 0 Å². The molecule has 1 saturated heterocycles. The Morgan fingerprint density at radius 3 is 2.36 bits per heavy atom. The number of phosphoric acid groups is 1. The van der Waals surface area contributed by atoms with E-state index in [1.807, 2.05) is 0 Å². The molecule has 0 saturated carbocycles. The third-order valence-corrected chi connectivity index (χ3v) is 6.05. The van der Waals surface area contributed by atoms with Gasteiger partial charge in [-0.2, -0.15) is 13.8 Å². The zero-order valence-corrected chi connectivity index (χ0v) is 20.1. The molecule has 0 radical (unpaired) electrons. The summed E-state index contributed by atoms with van der Waals surface area (Å²) in [7, 11) is -4.07. The Balaban J connectivity index is 2.31. The van der Waals surface area contributed by atoms with Crippen LogP contribution in [0, 0.1) is 6.92 Å². The molecule has 0 N–H and O–H groups in total. The summed E-state index contributed by atoms with van der Waals surface area (Å²) in [6, 6.07) is 1.37. The summed E-state index contributed by atoms with van der Waals surface area (Å²) in [6.45, 7) is 6.23. The van der Waals surface area contributed by atoms with Crippen LogP contribution in [0.15, 0.2) is 17.1 Å². The zero-order chi connectivity index (χ0) is 24.6. The first-order valence-electron chi connectivity index (χ1n) is 10.9. The third kappa shape index (κ3) is 7.13. The quantitative estimate of drug-likeness (QED) is 0.297. The van der Waals surface area contributed by atoms with Gasteiger partial charge in [0.15, 0.2) is 6.10 Å². The maximum atomic E-state index is 15.3. The van der Waals surface area contributed by atoms with Crippen molar-refractivity contribution in [2.24, 2.45) is 0 Å². The number of aryl methyl sites for hydroxylation is 1. The lowest BCUT2D eigenvalue weighted by Gasteiger charge is -2.25. The lowest BCUT2D eigenvalue weighted by molar-refractivity contribution is -0.176. The Hall–Kier alpha value is -1.72. The highest BCUT2D eigenvalue weighted by molar-refractivity contribution is 7.48. The second kappa shape index (κ2) is 12.1. The minimum atomic E-state index is -4.07. The van der Waals surface area contributed by atoms with Crippen LogP contribution in [0.5, 0.6) is 0 Å². The van der Waals surface area contributed by atoms with Crippen molar-refractivity contribution >= 4 is 13.8 Å². The van der Waals surface area contributed by atoms with Gasteiger partial charge in [-0.15, -0.1) is 0 Å². The van der Waals surface area contributed by atoms with Crippen LogP contribution in [0.1, 0.15) is 58.4 Å². The van der Waals surface area contributed by atoms with Crippen LogP contribution in [-0.4, -0.2) is 53.5 Å². The normalized spacial score (nSPS) is 22.4. The number of nitrogens with zero attached hydrogens (tertiary/aromatic N) is 2. The number of aromatic nitrogens is 2. The lowest BCUT2D eigenvalue weighted by Crippen LogP contribution is -2.44. The van der Waals surface area contributed by atoms with Crippen molar-refractivity contribution in [2.45, 2.75) is 77.7 Å². The molecule has 0 unspecified atom stereocenters. The van der Waals surface area contributed by atoms with E-state index in [2.05, 4.69) is 4.98 Å². The molecule has 0 bridgehead atoms. The molecule has 0 spiro atoms. The Morgan fingerprint density at radius 1 is 1.18 bits per heavy atom. The van der Waals surface area contributed by atoms with Gasteiger partial charge in [-0.1, -0.05) is 20.8 Å². The summed E-state index contributed by atoms with van der Waals surface area (Å²) in [4.78, 5) is 27.9. The predicted molar refractivity (Wildman–Crippen MR) is 113 cm³/mol. The van der Waals surface area contributed by atoms with Gasteiger partial charge in [-0.05, 0) is 32.3 Å². The van der Waals surface area contributed by atoms with Crippen LogP contribution in [-0.2, 0) is 32.4 Å². The van der Waals surface area contributed by atoms with E-state index < -0.39 is 50.4 Å². The second-order valence-electron chi connectivity index (χ2n) is 7.53.